The first-order valence-electron chi connectivity index (χ1n) is 11.1. The molecule has 0 aliphatic carbocycles. The molecule has 1 unspecified atom stereocenters. The molecule has 0 aromatic heterocycles. The van der Waals surface area contributed by atoms with Crippen LogP contribution in [0.2, 0.25) is 0 Å². The fourth-order valence-electron chi connectivity index (χ4n) is 3.23. The van der Waals surface area contributed by atoms with Crippen LogP contribution in [0.3, 0.4) is 0 Å². The maximum absolute atomic E-state index is 13.9. The highest BCUT2D eigenvalue weighted by Gasteiger charge is 2.15. The number of nitrogens with one attached hydrogen (secondary N) is 3. The normalized spacial score (nSPS) is 11.4. The van der Waals surface area contributed by atoms with Gasteiger partial charge in [-0.05, 0) is 60.9 Å². The lowest BCUT2D eigenvalue weighted by atomic mass is 10.1. The summed E-state index contributed by atoms with van der Waals surface area (Å²) in [7, 11) is 0. The van der Waals surface area contributed by atoms with E-state index in [2.05, 4.69) is 16.0 Å². The van der Waals surface area contributed by atoms with Crippen molar-refractivity contribution in [2.45, 2.75) is 33.7 Å². The van der Waals surface area contributed by atoms with Gasteiger partial charge in [-0.3, -0.25) is 14.4 Å². The van der Waals surface area contributed by atoms with Crippen LogP contribution in [-0.2, 0) is 11.3 Å². The number of benzene rings is 3. The number of halogens is 1. The average molecular weight is 462 g/mol. The van der Waals surface area contributed by atoms with Gasteiger partial charge in [0.25, 0.3) is 11.8 Å². The van der Waals surface area contributed by atoms with Gasteiger partial charge < -0.3 is 16.0 Å². The Morgan fingerprint density at radius 1 is 0.912 bits per heavy atom. The summed E-state index contributed by atoms with van der Waals surface area (Å²) in [5, 5.41) is 8.41. The summed E-state index contributed by atoms with van der Waals surface area (Å²) >= 11 is 0. The lowest BCUT2D eigenvalue weighted by Crippen LogP contribution is -2.23. The fourth-order valence-corrected chi connectivity index (χ4v) is 3.23. The molecule has 0 spiro atoms. The molecule has 3 aromatic carbocycles. The third-order valence-corrected chi connectivity index (χ3v) is 5.57. The molecule has 3 amide bonds. The molecule has 7 heteroatoms. The molecule has 3 N–H and O–H groups in total. The minimum absolute atomic E-state index is 0.0479. The van der Waals surface area contributed by atoms with Gasteiger partial charge in [-0.15, -0.1) is 0 Å². The second kappa shape index (κ2) is 11.2. The number of amides is 3. The number of aryl methyl sites for hydroxylation is 1. The Kier molecular flexibility index (Phi) is 8.14. The van der Waals surface area contributed by atoms with E-state index in [4.69, 9.17) is 0 Å². The molecular formula is C27H28FN3O3. The van der Waals surface area contributed by atoms with E-state index in [-0.39, 0.29) is 29.8 Å². The van der Waals surface area contributed by atoms with Crippen LogP contribution >= 0.6 is 0 Å². The van der Waals surface area contributed by atoms with Crippen molar-refractivity contribution in [3.63, 3.8) is 0 Å². The second-order valence-electron chi connectivity index (χ2n) is 8.15. The van der Waals surface area contributed by atoms with Crippen molar-refractivity contribution in [2.75, 3.05) is 10.6 Å². The number of rotatable bonds is 8. The molecule has 0 radical (unpaired) electrons. The minimum Gasteiger partial charge on any atom is -0.348 e. The zero-order valence-electron chi connectivity index (χ0n) is 19.4. The molecule has 0 fully saturated rings. The summed E-state index contributed by atoms with van der Waals surface area (Å²) in [6.45, 7) is 5.88. The highest BCUT2D eigenvalue weighted by Crippen LogP contribution is 2.19. The van der Waals surface area contributed by atoms with E-state index in [1.807, 2.05) is 32.0 Å². The predicted octanol–water partition coefficient (Wildman–Crippen LogP) is 5.30. The molecule has 0 aliphatic heterocycles. The van der Waals surface area contributed by atoms with Crippen LogP contribution in [0, 0.1) is 18.7 Å². The summed E-state index contributed by atoms with van der Waals surface area (Å²) in [5.74, 6) is -1.66. The highest BCUT2D eigenvalue weighted by molar-refractivity contribution is 6.05. The van der Waals surface area contributed by atoms with Gasteiger partial charge >= 0.3 is 0 Å². The van der Waals surface area contributed by atoms with Crippen LogP contribution in [0.1, 0.15) is 52.1 Å². The zero-order valence-corrected chi connectivity index (χ0v) is 19.4. The van der Waals surface area contributed by atoms with Gasteiger partial charge in [-0.2, -0.15) is 0 Å². The Morgan fingerprint density at radius 2 is 1.68 bits per heavy atom. The van der Waals surface area contributed by atoms with Crippen LogP contribution in [0.5, 0.6) is 0 Å². The van der Waals surface area contributed by atoms with Crippen LogP contribution in [0.15, 0.2) is 66.7 Å². The Morgan fingerprint density at radius 3 is 2.41 bits per heavy atom. The monoisotopic (exact) mass is 461 g/mol. The molecule has 6 nitrogen and oxygen atoms in total. The van der Waals surface area contributed by atoms with E-state index in [0.717, 1.165) is 17.5 Å². The molecular weight excluding hydrogens is 433 g/mol. The summed E-state index contributed by atoms with van der Waals surface area (Å²) in [6.07, 6.45) is 0.751. The summed E-state index contributed by atoms with van der Waals surface area (Å²) < 4.78 is 13.9. The van der Waals surface area contributed by atoms with Crippen LogP contribution in [0.4, 0.5) is 15.8 Å². The first-order valence-corrected chi connectivity index (χ1v) is 11.1. The third-order valence-electron chi connectivity index (χ3n) is 5.57. The molecule has 0 heterocycles. The van der Waals surface area contributed by atoms with Crippen molar-refractivity contribution in [1.29, 1.82) is 0 Å². The molecule has 3 rings (SSSR count). The van der Waals surface area contributed by atoms with Crippen molar-refractivity contribution >= 4 is 29.1 Å². The lowest BCUT2D eigenvalue weighted by Gasteiger charge is -2.13. The van der Waals surface area contributed by atoms with Crippen LogP contribution < -0.4 is 16.0 Å². The van der Waals surface area contributed by atoms with Gasteiger partial charge in [0.15, 0.2) is 0 Å². The van der Waals surface area contributed by atoms with E-state index < -0.39 is 11.7 Å². The van der Waals surface area contributed by atoms with Gasteiger partial charge in [0.2, 0.25) is 5.91 Å². The molecule has 0 saturated carbocycles. The predicted molar refractivity (Wildman–Crippen MR) is 131 cm³/mol. The van der Waals surface area contributed by atoms with Crippen molar-refractivity contribution in [3.05, 3.63) is 94.8 Å². The highest BCUT2D eigenvalue weighted by atomic mass is 19.1. The fraction of sp³-hybridized carbons (Fsp3) is 0.222. The molecule has 176 valence electrons. The van der Waals surface area contributed by atoms with Gasteiger partial charge in [0, 0.05) is 29.4 Å². The van der Waals surface area contributed by atoms with Gasteiger partial charge in [-0.1, -0.05) is 44.2 Å². The molecule has 1 atom stereocenters. The maximum atomic E-state index is 13.9. The average Bonchev–Trinajstić information content (AvgIpc) is 2.83. The number of hydrogen-bond acceptors (Lipinski definition) is 3. The summed E-state index contributed by atoms with van der Waals surface area (Å²) in [4.78, 5) is 37.3. The first kappa shape index (κ1) is 24.6. The molecule has 0 bridgehead atoms. The van der Waals surface area contributed by atoms with E-state index in [1.54, 1.807) is 37.3 Å². The Labute approximate surface area is 198 Å². The smallest absolute Gasteiger partial charge is 0.258 e. The molecule has 0 saturated heterocycles. The quantitative estimate of drug-likeness (QED) is 0.425. The standard InChI is InChI=1S/C27H28FN3O3/c1-4-17(2)25(32)30-21-9-7-8-19(14-21)16-29-26(33)20-13-12-18(3)24(15-20)31-27(34)22-10-5-6-11-23(22)28/h5-15,17H,4,16H2,1-3H3,(H,29,33)(H,30,32)(H,31,34). The number of carbonyl (C=O) groups excluding carboxylic acids is 3. The topological polar surface area (TPSA) is 87.3 Å². The first-order chi connectivity index (χ1) is 16.3. The largest absolute Gasteiger partial charge is 0.348 e. The van der Waals surface area contributed by atoms with E-state index in [1.165, 1.54) is 18.2 Å². The van der Waals surface area contributed by atoms with Gasteiger partial charge in [-0.25, -0.2) is 4.39 Å². The van der Waals surface area contributed by atoms with E-state index >= 15 is 0 Å². The lowest BCUT2D eigenvalue weighted by molar-refractivity contribution is -0.119. The number of anilines is 2. The van der Waals surface area contributed by atoms with Crippen molar-refractivity contribution < 1.29 is 18.8 Å². The minimum atomic E-state index is -0.617. The number of carbonyl (C=O) groups is 3. The van der Waals surface area contributed by atoms with Crippen molar-refractivity contribution in [2.24, 2.45) is 5.92 Å². The maximum Gasteiger partial charge on any atom is 0.258 e. The molecule has 0 aliphatic rings. The molecule has 3 aromatic rings. The Bertz CT molecular complexity index is 1210. The zero-order chi connectivity index (χ0) is 24.7. The van der Waals surface area contributed by atoms with Crippen LogP contribution in [0.25, 0.3) is 0 Å². The summed E-state index contributed by atoms with van der Waals surface area (Å²) in [5.41, 5.74) is 2.95. The van der Waals surface area contributed by atoms with Gasteiger partial charge in [0.1, 0.15) is 5.82 Å². The number of hydrogen-bond donors (Lipinski definition) is 3. The van der Waals surface area contributed by atoms with Crippen molar-refractivity contribution in [3.8, 4) is 0 Å². The van der Waals surface area contributed by atoms with Crippen LogP contribution in [-0.4, -0.2) is 17.7 Å². The Balaban J connectivity index is 1.66. The van der Waals surface area contributed by atoms with Crippen molar-refractivity contribution in [1.82, 2.24) is 5.32 Å². The van der Waals surface area contributed by atoms with Gasteiger partial charge in [0.05, 0.1) is 5.56 Å². The third kappa shape index (κ3) is 6.28. The Hall–Kier alpha value is -4.00. The summed E-state index contributed by atoms with van der Waals surface area (Å²) in [6, 6.07) is 17.9. The SMILES string of the molecule is CCC(C)C(=O)Nc1cccc(CNC(=O)c2ccc(C)c(NC(=O)c3ccccc3F)c2)c1. The van der Waals surface area contributed by atoms with E-state index in [9.17, 15) is 18.8 Å². The second-order valence-corrected chi connectivity index (χ2v) is 8.15. The molecule has 34 heavy (non-hydrogen) atoms. The van der Waals surface area contributed by atoms with E-state index in [0.29, 0.717) is 16.9 Å².